The van der Waals surface area contributed by atoms with Gasteiger partial charge in [-0.1, -0.05) is 13.8 Å². The summed E-state index contributed by atoms with van der Waals surface area (Å²) in [4.78, 5) is 15.6. The number of nitrogens with zero attached hydrogens (tertiary/aromatic N) is 1. The molecule has 18 heavy (non-hydrogen) atoms. The lowest BCUT2D eigenvalue weighted by molar-refractivity contribution is 0.0580. The third-order valence-electron chi connectivity index (χ3n) is 3.78. The number of aryl methyl sites for hydroxylation is 1. The fourth-order valence-corrected chi connectivity index (χ4v) is 3.35. The SMILES string of the molecule is CCC1CN(C(=O)c2sccc2C)C(CC)CN1. The van der Waals surface area contributed by atoms with Crippen molar-refractivity contribution in [1.29, 1.82) is 0 Å². The Morgan fingerprint density at radius 3 is 2.83 bits per heavy atom. The van der Waals surface area contributed by atoms with Gasteiger partial charge in [-0.2, -0.15) is 0 Å². The van der Waals surface area contributed by atoms with Crippen molar-refractivity contribution in [1.82, 2.24) is 10.2 Å². The lowest BCUT2D eigenvalue weighted by atomic mass is 10.0. The number of rotatable bonds is 3. The van der Waals surface area contributed by atoms with Crippen LogP contribution in [0.1, 0.15) is 41.9 Å². The number of thiophene rings is 1. The van der Waals surface area contributed by atoms with Gasteiger partial charge in [-0.25, -0.2) is 0 Å². The average Bonchev–Trinajstić information content (AvgIpc) is 2.83. The van der Waals surface area contributed by atoms with Crippen molar-refractivity contribution in [2.45, 2.75) is 45.7 Å². The minimum Gasteiger partial charge on any atom is -0.332 e. The first-order chi connectivity index (χ1) is 8.67. The largest absolute Gasteiger partial charge is 0.332 e. The van der Waals surface area contributed by atoms with Crippen LogP contribution in [-0.2, 0) is 0 Å². The van der Waals surface area contributed by atoms with Crippen molar-refractivity contribution in [3.63, 3.8) is 0 Å². The molecule has 2 unspecified atom stereocenters. The fraction of sp³-hybridized carbons (Fsp3) is 0.643. The molecule has 1 aromatic heterocycles. The van der Waals surface area contributed by atoms with Gasteiger partial charge in [0.15, 0.2) is 0 Å². The molecule has 0 saturated carbocycles. The fourth-order valence-electron chi connectivity index (χ4n) is 2.47. The molecule has 1 amide bonds. The summed E-state index contributed by atoms with van der Waals surface area (Å²) in [7, 11) is 0. The Morgan fingerprint density at radius 1 is 1.50 bits per heavy atom. The van der Waals surface area contributed by atoms with E-state index in [1.54, 1.807) is 11.3 Å². The molecule has 1 fully saturated rings. The molecule has 0 spiro atoms. The van der Waals surface area contributed by atoms with E-state index in [-0.39, 0.29) is 5.91 Å². The number of amides is 1. The van der Waals surface area contributed by atoms with Gasteiger partial charge >= 0.3 is 0 Å². The van der Waals surface area contributed by atoms with E-state index in [1.165, 1.54) is 0 Å². The minimum absolute atomic E-state index is 0.217. The van der Waals surface area contributed by atoms with Crippen molar-refractivity contribution in [3.8, 4) is 0 Å². The summed E-state index contributed by atoms with van der Waals surface area (Å²) in [5.41, 5.74) is 1.10. The van der Waals surface area contributed by atoms with Crippen LogP contribution >= 0.6 is 11.3 Å². The topological polar surface area (TPSA) is 32.3 Å². The summed E-state index contributed by atoms with van der Waals surface area (Å²) in [6.07, 6.45) is 2.09. The van der Waals surface area contributed by atoms with Crippen LogP contribution in [0.3, 0.4) is 0 Å². The second-order valence-electron chi connectivity index (χ2n) is 4.97. The monoisotopic (exact) mass is 266 g/mol. The molecule has 2 atom stereocenters. The molecule has 1 aliphatic rings. The van der Waals surface area contributed by atoms with Crippen LogP contribution < -0.4 is 5.32 Å². The zero-order chi connectivity index (χ0) is 13.1. The van der Waals surface area contributed by atoms with Crippen LogP contribution in [-0.4, -0.2) is 36.0 Å². The number of hydrogen-bond acceptors (Lipinski definition) is 3. The average molecular weight is 266 g/mol. The van der Waals surface area contributed by atoms with Crippen molar-refractivity contribution in [2.75, 3.05) is 13.1 Å². The van der Waals surface area contributed by atoms with Crippen molar-refractivity contribution < 1.29 is 4.79 Å². The molecule has 2 heterocycles. The van der Waals surface area contributed by atoms with Gasteiger partial charge in [0, 0.05) is 25.2 Å². The Hall–Kier alpha value is -0.870. The van der Waals surface area contributed by atoms with Crippen LogP contribution in [0.2, 0.25) is 0 Å². The highest BCUT2D eigenvalue weighted by Crippen LogP contribution is 2.22. The number of carbonyl (C=O) groups is 1. The predicted octanol–water partition coefficient (Wildman–Crippen LogP) is 2.66. The van der Waals surface area contributed by atoms with Gasteiger partial charge in [0.2, 0.25) is 0 Å². The molecule has 1 saturated heterocycles. The van der Waals surface area contributed by atoms with Gasteiger partial charge < -0.3 is 10.2 Å². The lowest BCUT2D eigenvalue weighted by Gasteiger charge is -2.40. The van der Waals surface area contributed by atoms with Crippen LogP contribution in [0.15, 0.2) is 11.4 Å². The van der Waals surface area contributed by atoms with Crippen molar-refractivity contribution in [2.24, 2.45) is 0 Å². The maximum Gasteiger partial charge on any atom is 0.264 e. The molecule has 0 radical (unpaired) electrons. The van der Waals surface area contributed by atoms with E-state index >= 15 is 0 Å². The molecule has 0 bridgehead atoms. The van der Waals surface area contributed by atoms with Gasteiger partial charge in [0.1, 0.15) is 0 Å². The molecule has 1 N–H and O–H groups in total. The molecule has 0 aromatic carbocycles. The summed E-state index contributed by atoms with van der Waals surface area (Å²) >= 11 is 1.56. The quantitative estimate of drug-likeness (QED) is 0.912. The Bertz CT molecular complexity index is 416. The van der Waals surface area contributed by atoms with Gasteiger partial charge in [0.05, 0.1) is 4.88 Å². The molecular weight excluding hydrogens is 244 g/mol. The summed E-state index contributed by atoms with van der Waals surface area (Å²) in [6.45, 7) is 8.10. The van der Waals surface area contributed by atoms with Crippen LogP contribution in [0, 0.1) is 6.92 Å². The van der Waals surface area contributed by atoms with E-state index in [9.17, 15) is 4.79 Å². The van der Waals surface area contributed by atoms with E-state index in [1.807, 2.05) is 18.4 Å². The molecule has 2 rings (SSSR count). The third kappa shape index (κ3) is 2.59. The number of piperazine rings is 1. The van der Waals surface area contributed by atoms with E-state index in [0.29, 0.717) is 12.1 Å². The van der Waals surface area contributed by atoms with Gasteiger partial charge in [-0.15, -0.1) is 11.3 Å². The Balaban J connectivity index is 2.17. The van der Waals surface area contributed by atoms with E-state index < -0.39 is 0 Å². The van der Waals surface area contributed by atoms with Crippen molar-refractivity contribution >= 4 is 17.2 Å². The first-order valence-electron chi connectivity index (χ1n) is 6.75. The summed E-state index contributed by atoms with van der Waals surface area (Å²) < 4.78 is 0. The maximum absolute atomic E-state index is 12.6. The molecule has 4 heteroatoms. The normalized spacial score (nSPS) is 24.3. The second kappa shape index (κ2) is 5.85. The molecule has 0 aliphatic carbocycles. The first-order valence-corrected chi connectivity index (χ1v) is 7.63. The summed E-state index contributed by atoms with van der Waals surface area (Å²) in [6, 6.07) is 2.80. The summed E-state index contributed by atoms with van der Waals surface area (Å²) in [5, 5.41) is 5.53. The minimum atomic E-state index is 0.217. The van der Waals surface area contributed by atoms with Crippen LogP contribution in [0.4, 0.5) is 0 Å². The molecular formula is C14H22N2OS. The number of carbonyl (C=O) groups excluding carboxylic acids is 1. The van der Waals surface area contributed by atoms with E-state index in [4.69, 9.17) is 0 Å². The highest BCUT2D eigenvalue weighted by molar-refractivity contribution is 7.12. The summed E-state index contributed by atoms with van der Waals surface area (Å²) in [5.74, 6) is 0.217. The first kappa shape index (κ1) is 13.6. The van der Waals surface area contributed by atoms with Crippen LogP contribution in [0.25, 0.3) is 0 Å². The van der Waals surface area contributed by atoms with Gasteiger partial charge in [-0.3, -0.25) is 4.79 Å². The maximum atomic E-state index is 12.6. The van der Waals surface area contributed by atoms with E-state index in [0.717, 1.165) is 36.4 Å². The van der Waals surface area contributed by atoms with Crippen molar-refractivity contribution in [3.05, 3.63) is 21.9 Å². The Morgan fingerprint density at radius 2 is 2.28 bits per heavy atom. The molecule has 1 aliphatic heterocycles. The number of hydrogen-bond donors (Lipinski definition) is 1. The predicted molar refractivity (Wildman–Crippen MR) is 76.3 cm³/mol. The van der Waals surface area contributed by atoms with Gasteiger partial charge in [-0.05, 0) is 36.8 Å². The second-order valence-corrected chi connectivity index (χ2v) is 5.88. The van der Waals surface area contributed by atoms with Crippen LogP contribution in [0.5, 0.6) is 0 Å². The molecule has 100 valence electrons. The molecule has 3 nitrogen and oxygen atoms in total. The van der Waals surface area contributed by atoms with Gasteiger partial charge in [0.25, 0.3) is 5.91 Å². The zero-order valence-corrected chi connectivity index (χ0v) is 12.2. The third-order valence-corrected chi connectivity index (χ3v) is 4.79. The zero-order valence-electron chi connectivity index (χ0n) is 11.4. The Kier molecular flexibility index (Phi) is 4.40. The van der Waals surface area contributed by atoms with E-state index in [2.05, 4.69) is 24.1 Å². The Labute approximate surface area is 113 Å². The highest BCUT2D eigenvalue weighted by atomic mass is 32.1. The molecule has 1 aromatic rings. The number of nitrogens with one attached hydrogen (secondary N) is 1. The highest BCUT2D eigenvalue weighted by Gasteiger charge is 2.31. The standard InChI is InChI=1S/C14H22N2OS/c1-4-11-9-16(12(5-2)8-15-11)14(17)13-10(3)6-7-18-13/h6-7,11-12,15H,4-5,8-9H2,1-3H3. The lowest BCUT2D eigenvalue weighted by Crippen LogP contribution is -2.57. The smallest absolute Gasteiger partial charge is 0.264 e.